The topological polar surface area (TPSA) is 57.3 Å². The van der Waals surface area contributed by atoms with Gasteiger partial charge in [-0.15, -0.1) is 5.10 Å². The summed E-state index contributed by atoms with van der Waals surface area (Å²) in [6, 6.07) is 18.8. The summed E-state index contributed by atoms with van der Waals surface area (Å²) in [6.45, 7) is 5.30. The molecule has 6 heteroatoms. The molecule has 1 N–H and O–H groups in total. The minimum absolute atomic E-state index is 0.122. The van der Waals surface area contributed by atoms with Crippen LogP contribution in [0.25, 0.3) is 0 Å². The first kappa shape index (κ1) is 18.6. The second-order valence-corrected chi connectivity index (χ2v) is 7.73. The van der Waals surface area contributed by atoms with Gasteiger partial charge in [-0.2, -0.15) is 0 Å². The molecule has 1 atom stereocenters. The van der Waals surface area contributed by atoms with E-state index in [1.807, 2.05) is 22.9 Å². The summed E-state index contributed by atoms with van der Waals surface area (Å²) in [6.07, 6.45) is 2.48. The van der Waals surface area contributed by atoms with Crippen molar-refractivity contribution in [2.45, 2.75) is 32.4 Å². The van der Waals surface area contributed by atoms with Crippen molar-refractivity contribution in [3.63, 3.8) is 0 Å². The minimum Gasteiger partial charge on any atom is -0.497 e. The number of nitrogens with one attached hydrogen (secondary N) is 1. The molecule has 3 aromatic rings. The summed E-state index contributed by atoms with van der Waals surface area (Å²) >= 11 is 0. The Labute approximate surface area is 166 Å². The van der Waals surface area contributed by atoms with Crippen LogP contribution in [0.5, 0.6) is 5.75 Å². The molecule has 28 heavy (non-hydrogen) atoms. The molecule has 0 unspecified atom stereocenters. The minimum atomic E-state index is 0.122. The fourth-order valence-electron chi connectivity index (χ4n) is 4.07. The molecule has 0 radical (unpaired) electrons. The second-order valence-electron chi connectivity index (χ2n) is 7.73. The van der Waals surface area contributed by atoms with Crippen molar-refractivity contribution in [1.29, 1.82) is 0 Å². The smallest absolute Gasteiger partial charge is 0.214 e. The van der Waals surface area contributed by atoms with Gasteiger partial charge in [0, 0.05) is 5.56 Å². The Bertz CT molecular complexity index is 869. The molecule has 1 aliphatic rings. The molecule has 0 bridgehead atoms. The number of benzene rings is 2. The number of ether oxygens (including phenoxy) is 1. The highest BCUT2D eigenvalue weighted by atomic mass is 16.5. The third-order valence-electron chi connectivity index (χ3n) is 5.77. The molecule has 0 spiro atoms. The zero-order valence-electron chi connectivity index (χ0n) is 16.6. The number of piperidine rings is 1. The lowest BCUT2D eigenvalue weighted by Crippen LogP contribution is -3.13. The highest BCUT2D eigenvalue weighted by Crippen LogP contribution is 2.22. The lowest BCUT2D eigenvalue weighted by Gasteiger charge is -2.33. The van der Waals surface area contributed by atoms with E-state index in [-0.39, 0.29) is 6.04 Å². The van der Waals surface area contributed by atoms with E-state index in [4.69, 9.17) is 4.74 Å². The lowest BCUT2D eigenvalue weighted by molar-refractivity contribution is -0.932. The number of likely N-dealkylation sites (tertiary alicyclic amines) is 1. The Morgan fingerprint density at radius 3 is 2.46 bits per heavy atom. The van der Waals surface area contributed by atoms with Crippen LogP contribution in [0.3, 0.4) is 0 Å². The van der Waals surface area contributed by atoms with Crippen LogP contribution in [0.15, 0.2) is 54.6 Å². The average molecular weight is 379 g/mol. The molecule has 0 amide bonds. The number of hydrogen-bond acceptors (Lipinski definition) is 4. The van der Waals surface area contributed by atoms with E-state index < -0.39 is 0 Å². The average Bonchev–Trinajstić information content (AvgIpc) is 3.18. The highest BCUT2D eigenvalue weighted by molar-refractivity contribution is 5.30. The Kier molecular flexibility index (Phi) is 5.67. The van der Waals surface area contributed by atoms with Gasteiger partial charge in [-0.05, 0) is 59.0 Å². The number of methoxy groups -OCH3 is 1. The molecule has 4 rings (SSSR count). The molecule has 0 saturated carbocycles. The maximum Gasteiger partial charge on any atom is 0.214 e. The summed E-state index contributed by atoms with van der Waals surface area (Å²) in [7, 11) is 1.70. The SMILES string of the molecule is COc1ccc([C@@H](c2nnnn2Cc2ccccc2)[NH+]2CCC(C)CC2)cc1. The molecule has 2 heterocycles. The molecule has 1 fully saturated rings. The van der Waals surface area contributed by atoms with E-state index in [0.717, 1.165) is 30.6 Å². The molecule has 1 saturated heterocycles. The Morgan fingerprint density at radius 1 is 1.07 bits per heavy atom. The molecule has 2 aromatic carbocycles. The summed E-state index contributed by atoms with van der Waals surface area (Å²) in [4.78, 5) is 1.53. The first-order valence-corrected chi connectivity index (χ1v) is 10.0. The molecule has 1 aromatic heterocycles. The van der Waals surface area contributed by atoms with Crippen molar-refractivity contribution in [2.75, 3.05) is 20.2 Å². The first-order chi connectivity index (χ1) is 13.7. The van der Waals surface area contributed by atoms with Gasteiger partial charge < -0.3 is 9.64 Å². The van der Waals surface area contributed by atoms with E-state index in [1.54, 1.807) is 7.11 Å². The number of rotatable bonds is 6. The van der Waals surface area contributed by atoms with E-state index in [9.17, 15) is 0 Å². The Hall–Kier alpha value is -2.73. The van der Waals surface area contributed by atoms with Gasteiger partial charge in [0.25, 0.3) is 0 Å². The molecule has 1 aliphatic heterocycles. The quantitative estimate of drug-likeness (QED) is 0.714. The molecular formula is C22H28N5O+. The van der Waals surface area contributed by atoms with Crippen molar-refractivity contribution in [2.24, 2.45) is 5.92 Å². The van der Waals surface area contributed by atoms with Crippen molar-refractivity contribution >= 4 is 0 Å². The van der Waals surface area contributed by atoms with Crippen LogP contribution in [0.4, 0.5) is 0 Å². The zero-order chi connectivity index (χ0) is 19.3. The first-order valence-electron chi connectivity index (χ1n) is 10.0. The fraction of sp³-hybridized carbons (Fsp3) is 0.409. The van der Waals surface area contributed by atoms with Gasteiger partial charge in [0.1, 0.15) is 5.75 Å². The van der Waals surface area contributed by atoms with Crippen molar-refractivity contribution < 1.29 is 9.64 Å². The zero-order valence-corrected chi connectivity index (χ0v) is 16.6. The second kappa shape index (κ2) is 8.52. The van der Waals surface area contributed by atoms with Crippen LogP contribution in [0.1, 0.15) is 42.8 Å². The van der Waals surface area contributed by atoms with Gasteiger partial charge in [-0.1, -0.05) is 37.3 Å². The Morgan fingerprint density at radius 2 is 1.79 bits per heavy atom. The molecule has 6 nitrogen and oxygen atoms in total. The predicted molar refractivity (Wildman–Crippen MR) is 107 cm³/mol. The number of quaternary nitrogens is 1. The summed E-state index contributed by atoms with van der Waals surface area (Å²) in [5, 5.41) is 12.8. The summed E-state index contributed by atoms with van der Waals surface area (Å²) in [5.41, 5.74) is 2.43. The predicted octanol–water partition coefficient (Wildman–Crippen LogP) is 2.13. The third kappa shape index (κ3) is 4.07. The van der Waals surface area contributed by atoms with E-state index >= 15 is 0 Å². The molecule has 146 valence electrons. The van der Waals surface area contributed by atoms with Crippen molar-refractivity contribution in [1.82, 2.24) is 20.2 Å². The van der Waals surface area contributed by atoms with Gasteiger partial charge in [-0.3, -0.25) is 0 Å². The van der Waals surface area contributed by atoms with Gasteiger partial charge in [0.2, 0.25) is 5.82 Å². The van der Waals surface area contributed by atoms with Crippen LogP contribution < -0.4 is 9.64 Å². The van der Waals surface area contributed by atoms with Crippen LogP contribution in [-0.2, 0) is 6.54 Å². The maximum atomic E-state index is 5.35. The van der Waals surface area contributed by atoms with Gasteiger partial charge in [-0.25, -0.2) is 4.68 Å². The van der Waals surface area contributed by atoms with Gasteiger partial charge >= 0.3 is 0 Å². The van der Waals surface area contributed by atoms with Crippen LogP contribution in [0.2, 0.25) is 0 Å². The summed E-state index contributed by atoms with van der Waals surface area (Å²) < 4.78 is 7.30. The monoisotopic (exact) mass is 378 g/mol. The normalized spacial score (nSPS) is 20.6. The highest BCUT2D eigenvalue weighted by Gasteiger charge is 2.33. The number of hydrogen-bond donors (Lipinski definition) is 1. The van der Waals surface area contributed by atoms with Crippen LogP contribution in [-0.4, -0.2) is 40.4 Å². The molecule has 0 aliphatic carbocycles. The standard InChI is InChI=1S/C22H27N5O/c1-17-12-14-26(15-13-17)21(19-8-10-20(28-2)11-9-19)22-23-24-25-27(22)16-18-6-4-3-5-7-18/h3-11,17,21H,12-16H2,1-2H3/p+1/t21-/m0/s1. The Balaban J connectivity index is 1.68. The van der Waals surface area contributed by atoms with Gasteiger partial charge in [0.05, 0.1) is 26.7 Å². The van der Waals surface area contributed by atoms with Crippen molar-refractivity contribution in [3.8, 4) is 5.75 Å². The van der Waals surface area contributed by atoms with E-state index in [2.05, 4.69) is 58.8 Å². The summed E-state index contributed by atoms with van der Waals surface area (Å²) in [5.74, 6) is 2.59. The number of tetrazole rings is 1. The number of aromatic nitrogens is 4. The molecular weight excluding hydrogens is 350 g/mol. The van der Waals surface area contributed by atoms with Gasteiger partial charge in [0.15, 0.2) is 6.04 Å². The van der Waals surface area contributed by atoms with Crippen LogP contribution >= 0.6 is 0 Å². The number of nitrogens with zero attached hydrogens (tertiary/aromatic N) is 4. The van der Waals surface area contributed by atoms with Crippen LogP contribution in [0, 0.1) is 5.92 Å². The van der Waals surface area contributed by atoms with E-state index in [1.165, 1.54) is 28.9 Å². The third-order valence-corrected chi connectivity index (χ3v) is 5.77. The maximum absolute atomic E-state index is 5.35. The van der Waals surface area contributed by atoms with E-state index in [0.29, 0.717) is 6.54 Å². The van der Waals surface area contributed by atoms with Crippen molar-refractivity contribution in [3.05, 3.63) is 71.5 Å². The lowest BCUT2D eigenvalue weighted by atomic mass is 9.95. The fourth-order valence-corrected chi connectivity index (χ4v) is 4.07. The largest absolute Gasteiger partial charge is 0.497 e.